The number of carboxylic acids is 1. The fourth-order valence-corrected chi connectivity index (χ4v) is 5.88. The van der Waals surface area contributed by atoms with Gasteiger partial charge in [0, 0.05) is 30.1 Å². The summed E-state index contributed by atoms with van der Waals surface area (Å²) in [6.45, 7) is 2.52. The Kier molecular flexibility index (Phi) is 10.2. The predicted molar refractivity (Wildman–Crippen MR) is 147 cm³/mol. The van der Waals surface area contributed by atoms with Gasteiger partial charge >= 0.3 is 5.97 Å². The summed E-state index contributed by atoms with van der Waals surface area (Å²) >= 11 is 0. The number of likely N-dealkylation sites (tertiary alicyclic amines) is 1. The van der Waals surface area contributed by atoms with Crippen LogP contribution in [0.3, 0.4) is 0 Å². The normalized spacial score (nSPS) is 18.8. The molecule has 2 aromatic carbocycles. The van der Waals surface area contributed by atoms with E-state index in [0.717, 1.165) is 55.4 Å². The third-order valence-corrected chi connectivity index (χ3v) is 8.07. The second-order valence-corrected chi connectivity index (χ2v) is 10.6. The number of aliphatic carboxylic acids is 1. The van der Waals surface area contributed by atoms with Crippen molar-refractivity contribution in [3.63, 3.8) is 0 Å². The number of halogens is 2. The van der Waals surface area contributed by atoms with Gasteiger partial charge in [-0.15, -0.1) is 0 Å². The molecule has 1 aliphatic heterocycles. The molecular formula is C31H38F2N2O4. The third-order valence-electron chi connectivity index (χ3n) is 8.07. The van der Waals surface area contributed by atoms with Crippen molar-refractivity contribution in [3.05, 3.63) is 71.4 Å². The molecule has 0 saturated carbocycles. The van der Waals surface area contributed by atoms with Crippen LogP contribution in [0.4, 0.5) is 8.78 Å². The minimum absolute atomic E-state index is 0.124. The van der Waals surface area contributed by atoms with E-state index >= 15 is 0 Å². The van der Waals surface area contributed by atoms with Gasteiger partial charge in [0.1, 0.15) is 17.4 Å². The molecule has 0 spiro atoms. The van der Waals surface area contributed by atoms with Gasteiger partial charge in [0.05, 0.1) is 18.7 Å². The lowest BCUT2D eigenvalue weighted by molar-refractivity contribution is -0.137. The summed E-state index contributed by atoms with van der Waals surface area (Å²) in [5, 5.41) is 21.3. The summed E-state index contributed by atoms with van der Waals surface area (Å²) in [6, 6.07) is 11.5. The number of piperidine rings is 1. The van der Waals surface area contributed by atoms with Crippen LogP contribution in [0.25, 0.3) is 10.9 Å². The highest BCUT2D eigenvalue weighted by Crippen LogP contribution is 2.35. The van der Waals surface area contributed by atoms with Gasteiger partial charge in [-0.1, -0.05) is 6.07 Å². The molecule has 1 saturated heterocycles. The van der Waals surface area contributed by atoms with Crippen LogP contribution in [0.15, 0.2) is 48.7 Å². The lowest BCUT2D eigenvalue weighted by Crippen LogP contribution is -2.41. The van der Waals surface area contributed by atoms with Crippen LogP contribution >= 0.6 is 0 Å². The van der Waals surface area contributed by atoms with E-state index in [-0.39, 0.29) is 17.9 Å². The molecule has 0 bridgehead atoms. The van der Waals surface area contributed by atoms with E-state index in [1.165, 1.54) is 18.2 Å². The molecule has 8 heteroatoms. The van der Waals surface area contributed by atoms with Crippen LogP contribution in [-0.2, 0) is 11.2 Å². The molecule has 6 nitrogen and oxygen atoms in total. The minimum atomic E-state index is -0.796. The average Bonchev–Trinajstić information content (AvgIpc) is 2.93. The van der Waals surface area contributed by atoms with Gasteiger partial charge in [0.15, 0.2) is 0 Å². The number of aliphatic hydroxyl groups is 1. The standard InChI is InChI=1S/C31H38F2N2O4/c1-39-23-10-11-29-26(19-23)24(14-16-34-29)30(36)12-8-21-15-18-35(20-22(21)9-13-31(37)38)17-3-2-5-25-27(32)6-4-7-28(25)33/h4,6-7,10-11,14,16,19,21-22,30,36H,2-3,5,8-9,12-13,15,17-18,20H2,1H3,(H,37,38)/t21?,22?,30-/m0/s1. The molecule has 210 valence electrons. The Morgan fingerprint density at radius 1 is 1.13 bits per heavy atom. The third kappa shape index (κ3) is 7.73. The van der Waals surface area contributed by atoms with Crippen LogP contribution in [0.1, 0.15) is 62.2 Å². The summed E-state index contributed by atoms with van der Waals surface area (Å²) < 4.78 is 33.2. The SMILES string of the molecule is COc1ccc2nccc([C@@H](O)CCC3CCN(CCCCc4c(F)cccc4F)CC3CCC(=O)O)c2c1. The van der Waals surface area contributed by atoms with E-state index in [0.29, 0.717) is 37.4 Å². The van der Waals surface area contributed by atoms with Gasteiger partial charge in [-0.3, -0.25) is 9.78 Å². The van der Waals surface area contributed by atoms with Gasteiger partial charge < -0.3 is 19.8 Å². The Hall–Kier alpha value is -3.10. The lowest BCUT2D eigenvalue weighted by Gasteiger charge is -2.39. The second-order valence-electron chi connectivity index (χ2n) is 10.6. The van der Waals surface area contributed by atoms with Crippen LogP contribution in [0, 0.1) is 23.5 Å². The summed E-state index contributed by atoms with van der Waals surface area (Å²) in [5.74, 6) is -0.527. The first-order valence-corrected chi connectivity index (χ1v) is 13.8. The zero-order valence-electron chi connectivity index (χ0n) is 22.5. The van der Waals surface area contributed by atoms with E-state index in [1.807, 2.05) is 24.3 Å². The molecule has 0 radical (unpaired) electrons. The van der Waals surface area contributed by atoms with Crippen LogP contribution in [-0.4, -0.2) is 52.8 Å². The number of aromatic nitrogens is 1. The fraction of sp³-hybridized carbons (Fsp3) is 0.484. The number of fused-ring (bicyclic) bond motifs is 1. The molecular weight excluding hydrogens is 502 g/mol. The number of rotatable bonds is 13. The molecule has 39 heavy (non-hydrogen) atoms. The maximum atomic E-state index is 13.9. The number of methoxy groups -OCH3 is 1. The number of nitrogens with zero attached hydrogens (tertiary/aromatic N) is 2. The van der Waals surface area contributed by atoms with Gasteiger partial charge in [-0.05, 0) is 112 Å². The molecule has 3 atom stereocenters. The number of hydrogen-bond donors (Lipinski definition) is 2. The van der Waals surface area contributed by atoms with Crippen LogP contribution in [0.2, 0.25) is 0 Å². The van der Waals surface area contributed by atoms with E-state index in [4.69, 9.17) is 4.74 Å². The number of carbonyl (C=O) groups is 1. The monoisotopic (exact) mass is 540 g/mol. The number of ether oxygens (including phenoxy) is 1. The zero-order chi connectivity index (χ0) is 27.8. The van der Waals surface area contributed by atoms with Crippen molar-refractivity contribution in [2.45, 2.75) is 57.5 Å². The first-order chi connectivity index (χ1) is 18.9. The zero-order valence-corrected chi connectivity index (χ0v) is 22.5. The van der Waals surface area contributed by atoms with Crippen LogP contribution < -0.4 is 4.74 Å². The van der Waals surface area contributed by atoms with Crippen molar-refractivity contribution in [2.24, 2.45) is 11.8 Å². The van der Waals surface area contributed by atoms with E-state index in [2.05, 4.69) is 9.88 Å². The number of benzene rings is 2. The quantitative estimate of drug-likeness (QED) is 0.253. The largest absolute Gasteiger partial charge is 0.497 e. The number of hydrogen-bond acceptors (Lipinski definition) is 5. The Morgan fingerprint density at radius 3 is 2.67 bits per heavy atom. The van der Waals surface area contributed by atoms with Crippen molar-refractivity contribution in [3.8, 4) is 5.75 Å². The highest BCUT2D eigenvalue weighted by molar-refractivity contribution is 5.83. The van der Waals surface area contributed by atoms with Gasteiger partial charge in [-0.2, -0.15) is 0 Å². The van der Waals surface area contributed by atoms with Crippen molar-refractivity contribution in [2.75, 3.05) is 26.7 Å². The summed E-state index contributed by atoms with van der Waals surface area (Å²) in [7, 11) is 1.61. The van der Waals surface area contributed by atoms with Crippen molar-refractivity contribution in [1.29, 1.82) is 0 Å². The highest BCUT2D eigenvalue weighted by atomic mass is 19.1. The molecule has 2 unspecified atom stereocenters. The second kappa shape index (κ2) is 13.8. The number of aliphatic hydroxyl groups excluding tert-OH is 1. The summed E-state index contributed by atoms with van der Waals surface area (Å²) in [4.78, 5) is 18.1. The molecule has 2 heterocycles. The van der Waals surface area contributed by atoms with Crippen molar-refractivity contribution in [1.82, 2.24) is 9.88 Å². The molecule has 1 aliphatic rings. The Labute approximate surface area is 228 Å². The highest BCUT2D eigenvalue weighted by Gasteiger charge is 2.30. The van der Waals surface area contributed by atoms with Crippen LogP contribution in [0.5, 0.6) is 5.75 Å². The topological polar surface area (TPSA) is 82.9 Å². The first-order valence-electron chi connectivity index (χ1n) is 13.8. The molecule has 0 amide bonds. The fourth-order valence-electron chi connectivity index (χ4n) is 5.88. The van der Waals surface area contributed by atoms with Crippen molar-refractivity contribution < 1.29 is 28.5 Å². The molecule has 2 N–H and O–H groups in total. The molecule has 0 aliphatic carbocycles. The Bertz CT molecular complexity index is 1230. The summed E-state index contributed by atoms with van der Waals surface area (Å²) in [6.07, 6.45) is 5.98. The predicted octanol–water partition coefficient (Wildman–Crippen LogP) is 6.16. The number of carboxylic acid groups (broad SMARTS) is 1. The molecule has 4 rings (SSSR count). The van der Waals surface area contributed by atoms with E-state index in [1.54, 1.807) is 13.3 Å². The van der Waals surface area contributed by atoms with Crippen molar-refractivity contribution >= 4 is 16.9 Å². The minimum Gasteiger partial charge on any atom is -0.497 e. The van der Waals surface area contributed by atoms with Gasteiger partial charge in [0.25, 0.3) is 0 Å². The Morgan fingerprint density at radius 2 is 1.92 bits per heavy atom. The smallest absolute Gasteiger partial charge is 0.303 e. The molecule has 3 aromatic rings. The Balaban J connectivity index is 1.32. The average molecular weight is 541 g/mol. The maximum Gasteiger partial charge on any atom is 0.303 e. The van der Waals surface area contributed by atoms with Gasteiger partial charge in [-0.25, -0.2) is 8.78 Å². The van der Waals surface area contributed by atoms with Gasteiger partial charge in [0.2, 0.25) is 0 Å². The molecule has 1 fully saturated rings. The first kappa shape index (κ1) is 28.9. The van der Waals surface area contributed by atoms with E-state index in [9.17, 15) is 23.8 Å². The maximum absolute atomic E-state index is 13.9. The lowest BCUT2D eigenvalue weighted by atomic mass is 9.79. The molecule has 1 aromatic heterocycles. The van der Waals surface area contributed by atoms with E-state index < -0.39 is 23.7 Å². The number of pyridine rings is 1. The summed E-state index contributed by atoms with van der Waals surface area (Å²) in [5.41, 5.74) is 1.77. The number of unbranched alkanes of at least 4 members (excludes halogenated alkanes) is 1.